The van der Waals surface area contributed by atoms with E-state index in [-0.39, 0.29) is 5.54 Å². The van der Waals surface area contributed by atoms with Crippen molar-refractivity contribution in [2.45, 2.75) is 38.6 Å². The summed E-state index contributed by atoms with van der Waals surface area (Å²) in [6.07, 6.45) is 3.75. The first-order valence-corrected chi connectivity index (χ1v) is 6.25. The van der Waals surface area contributed by atoms with Gasteiger partial charge in [0.2, 0.25) is 0 Å². The smallest absolute Gasteiger partial charge is 0.0521 e. The zero-order valence-corrected chi connectivity index (χ0v) is 10.3. The van der Waals surface area contributed by atoms with Crippen LogP contribution in [0.2, 0.25) is 0 Å². The number of rotatable bonds is 5. The first-order chi connectivity index (χ1) is 7.70. The monoisotopic (exact) mass is 218 g/mol. The van der Waals surface area contributed by atoms with Gasteiger partial charge in [-0.1, -0.05) is 19.1 Å². The van der Waals surface area contributed by atoms with Crippen LogP contribution in [0.1, 0.15) is 31.7 Å². The Morgan fingerprint density at radius 2 is 2.19 bits per heavy atom. The zero-order valence-electron chi connectivity index (χ0n) is 10.3. The summed E-state index contributed by atoms with van der Waals surface area (Å²) in [6, 6.07) is 8.55. The lowest BCUT2D eigenvalue weighted by molar-refractivity contribution is 0.404. The molecule has 1 fully saturated rings. The van der Waals surface area contributed by atoms with Crippen LogP contribution >= 0.6 is 0 Å². The fourth-order valence-corrected chi connectivity index (χ4v) is 2.49. The van der Waals surface area contributed by atoms with Gasteiger partial charge in [0.1, 0.15) is 0 Å². The van der Waals surface area contributed by atoms with Crippen molar-refractivity contribution < 1.29 is 0 Å². The van der Waals surface area contributed by atoms with E-state index in [0.717, 1.165) is 18.9 Å². The van der Waals surface area contributed by atoms with Crippen molar-refractivity contribution in [1.29, 1.82) is 0 Å². The van der Waals surface area contributed by atoms with Gasteiger partial charge in [0, 0.05) is 12.2 Å². The minimum Gasteiger partial charge on any atom is -0.378 e. The number of hydrogen-bond donors (Lipinski definition) is 2. The van der Waals surface area contributed by atoms with E-state index in [2.05, 4.69) is 43.4 Å². The quantitative estimate of drug-likeness (QED) is 0.797. The normalized spacial score (nSPS) is 19.2. The molecule has 0 saturated heterocycles. The van der Waals surface area contributed by atoms with E-state index < -0.39 is 0 Å². The van der Waals surface area contributed by atoms with Crippen molar-refractivity contribution in [3.05, 3.63) is 29.8 Å². The molecule has 16 heavy (non-hydrogen) atoms. The van der Waals surface area contributed by atoms with E-state index in [0.29, 0.717) is 0 Å². The maximum Gasteiger partial charge on any atom is 0.0521 e. The minimum absolute atomic E-state index is 0.119. The van der Waals surface area contributed by atoms with Crippen LogP contribution in [0, 0.1) is 12.8 Å². The topological polar surface area (TPSA) is 38.0 Å². The highest BCUT2D eigenvalue weighted by Crippen LogP contribution is 2.42. The predicted octanol–water partition coefficient (Wildman–Crippen LogP) is 2.92. The SMILES string of the molecule is CCC(CN)(Nc1cccc(C)c1)C1CC1. The lowest BCUT2D eigenvalue weighted by atomic mass is 9.89. The number of nitrogens with two attached hydrogens (primary N) is 1. The molecule has 0 radical (unpaired) electrons. The Morgan fingerprint density at radius 1 is 1.44 bits per heavy atom. The second-order valence-corrected chi connectivity index (χ2v) is 4.98. The van der Waals surface area contributed by atoms with E-state index in [1.54, 1.807) is 0 Å². The second-order valence-electron chi connectivity index (χ2n) is 4.98. The zero-order chi connectivity index (χ0) is 11.6. The van der Waals surface area contributed by atoms with Gasteiger partial charge in [-0.05, 0) is 49.8 Å². The first kappa shape index (κ1) is 11.5. The van der Waals surface area contributed by atoms with Crippen LogP contribution in [0.4, 0.5) is 5.69 Å². The van der Waals surface area contributed by atoms with Crippen LogP contribution in [0.25, 0.3) is 0 Å². The molecule has 0 amide bonds. The summed E-state index contributed by atoms with van der Waals surface area (Å²) < 4.78 is 0. The summed E-state index contributed by atoms with van der Waals surface area (Å²) in [5, 5.41) is 3.67. The van der Waals surface area contributed by atoms with Crippen molar-refractivity contribution >= 4 is 5.69 Å². The van der Waals surface area contributed by atoms with Gasteiger partial charge in [0.15, 0.2) is 0 Å². The highest BCUT2D eigenvalue weighted by molar-refractivity contribution is 5.48. The molecule has 1 aliphatic rings. The van der Waals surface area contributed by atoms with E-state index in [9.17, 15) is 0 Å². The van der Waals surface area contributed by atoms with Crippen LogP contribution in [-0.4, -0.2) is 12.1 Å². The molecule has 1 aromatic carbocycles. The molecule has 2 heteroatoms. The van der Waals surface area contributed by atoms with Gasteiger partial charge < -0.3 is 11.1 Å². The Labute approximate surface area is 98.2 Å². The summed E-state index contributed by atoms with van der Waals surface area (Å²) in [4.78, 5) is 0. The van der Waals surface area contributed by atoms with Crippen molar-refractivity contribution in [2.24, 2.45) is 11.7 Å². The van der Waals surface area contributed by atoms with Gasteiger partial charge in [-0.2, -0.15) is 0 Å². The van der Waals surface area contributed by atoms with Crippen molar-refractivity contribution in [3.63, 3.8) is 0 Å². The van der Waals surface area contributed by atoms with E-state index in [4.69, 9.17) is 5.73 Å². The van der Waals surface area contributed by atoms with Gasteiger partial charge in [-0.25, -0.2) is 0 Å². The summed E-state index contributed by atoms with van der Waals surface area (Å²) >= 11 is 0. The fraction of sp³-hybridized carbons (Fsp3) is 0.571. The lowest BCUT2D eigenvalue weighted by Crippen LogP contribution is -2.47. The van der Waals surface area contributed by atoms with Crippen LogP contribution in [0.15, 0.2) is 24.3 Å². The molecule has 88 valence electrons. The van der Waals surface area contributed by atoms with Crippen LogP contribution in [0.5, 0.6) is 0 Å². The number of anilines is 1. The van der Waals surface area contributed by atoms with E-state index in [1.807, 2.05) is 0 Å². The molecule has 1 atom stereocenters. The molecule has 1 aliphatic carbocycles. The molecule has 2 nitrogen and oxygen atoms in total. The predicted molar refractivity (Wildman–Crippen MR) is 69.6 cm³/mol. The first-order valence-electron chi connectivity index (χ1n) is 6.25. The molecule has 0 bridgehead atoms. The van der Waals surface area contributed by atoms with E-state index >= 15 is 0 Å². The molecule has 1 aromatic rings. The van der Waals surface area contributed by atoms with Crippen LogP contribution < -0.4 is 11.1 Å². The van der Waals surface area contributed by atoms with Crippen molar-refractivity contribution in [2.75, 3.05) is 11.9 Å². The second kappa shape index (κ2) is 4.46. The molecule has 1 unspecified atom stereocenters. The van der Waals surface area contributed by atoms with Crippen LogP contribution in [-0.2, 0) is 0 Å². The highest BCUT2D eigenvalue weighted by atomic mass is 15.0. The van der Waals surface area contributed by atoms with Gasteiger partial charge in [0.25, 0.3) is 0 Å². The third-order valence-corrected chi connectivity index (χ3v) is 3.77. The Hall–Kier alpha value is -1.02. The molecular weight excluding hydrogens is 196 g/mol. The summed E-state index contributed by atoms with van der Waals surface area (Å²) in [5.41, 5.74) is 8.60. The Bertz CT molecular complexity index is 352. The maximum atomic E-state index is 5.98. The summed E-state index contributed by atoms with van der Waals surface area (Å²) in [6.45, 7) is 5.08. The van der Waals surface area contributed by atoms with Gasteiger partial charge in [-0.15, -0.1) is 0 Å². The minimum atomic E-state index is 0.119. The van der Waals surface area contributed by atoms with Gasteiger partial charge in [0.05, 0.1) is 5.54 Å². The molecular formula is C14H22N2. The summed E-state index contributed by atoms with van der Waals surface area (Å²) in [7, 11) is 0. The molecule has 3 N–H and O–H groups in total. The third kappa shape index (κ3) is 2.22. The maximum absolute atomic E-state index is 5.98. The number of benzene rings is 1. The molecule has 0 heterocycles. The van der Waals surface area contributed by atoms with Crippen molar-refractivity contribution in [3.8, 4) is 0 Å². The highest BCUT2D eigenvalue weighted by Gasteiger charge is 2.42. The average Bonchev–Trinajstić information content (AvgIpc) is 3.10. The molecule has 1 saturated carbocycles. The van der Waals surface area contributed by atoms with Crippen LogP contribution in [0.3, 0.4) is 0 Å². The Kier molecular flexibility index (Phi) is 3.20. The largest absolute Gasteiger partial charge is 0.378 e. The van der Waals surface area contributed by atoms with Gasteiger partial charge >= 0.3 is 0 Å². The van der Waals surface area contributed by atoms with Crippen molar-refractivity contribution in [1.82, 2.24) is 0 Å². The Morgan fingerprint density at radius 3 is 2.69 bits per heavy atom. The Balaban J connectivity index is 2.16. The number of aryl methyl sites for hydroxylation is 1. The molecule has 0 spiro atoms. The lowest BCUT2D eigenvalue weighted by Gasteiger charge is -2.34. The van der Waals surface area contributed by atoms with Gasteiger partial charge in [-0.3, -0.25) is 0 Å². The molecule has 0 aromatic heterocycles. The number of hydrogen-bond acceptors (Lipinski definition) is 2. The number of nitrogens with one attached hydrogen (secondary N) is 1. The standard InChI is InChI=1S/C14H22N2/c1-3-14(10-15,12-7-8-12)16-13-6-4-5-11(2)9-13/h4-6,9,12,16H,3,7-8,10,15H2,1-2H3. The fourth-order valence-electron chi connectivity index (χ4n) is 2.49. The average molecular weight is 218 g/mol. The molecule has 2 rings (SSSR count). The molecule has 0 aliphatic heterocycles. The third-order valence-electron chi connectivity index (χ3n) is 3.77. The summed E-state index contributed by atoms with van der Waals surface area (Å²) in [5.74, 6) is 0.767. The van der Waals surface area contributed by atoms with E-state index in [1.165, 1.54) is 24.1 Å².